The van der Waals surface area contributed by atoms with Gasteiger partial charge < -0.3 is 15.7 Å². The molecule has 0 saturated carbocycles. The quantitative estimate of drug-likeness (QED) is 0.800. The first kappa shape index (κ1) is 13.9. The van der Waals surface area contributed by atoms with Gasteiger partial charge in [0.1, 0.15) is 5.75 Å². The third-order valence-corrected chi connectivity index (χ3v) is 3.13. The van der Waals surface area contributed by atoms with Crippen LogP contribution in [0.4, 0.5) is 11.4 Å². The van der Waals surface area contributed by atoms with Gasteiger partial charge in [-0.1, -0.05) is 24.3 Å². The van der Waals surface area contributed by atoms with Gasteiger partial charge in [0.15, 0.2) is 0 Å². The maximum absolute atomic E-state index is 11.9. The van der Waals surface area contributed by atoms with Gasteiger partial charge in [0.25, 0.3) is 0 Å². The molecule has 2 aromatic carbocycles. The lowest BCUT2D eigenvalue weighted by molar-refractivity contribution is -0.114. The number of hydrogen-bond acceptors (Lipinski definition) is 3. The first-order valence-corrected chi connectivity index (χ1v) is 6.46. The van der Waals surface area contributed by atoms with Gasteiger partial charge in [-0.3, -0.25) is 4.79 Å². The van der Waals surface area contributed by atoms with Crippen LogP contribution in [-0.4, -0.2) is 17.6 Å². The smallest absolute Gasteiger partial charge is 0.243 e. The zero-order chi connectivity index (χ0) is 14.5. The number of amides is 1. The highest BCUT2D eigenvalue weighted by atomic mass is 16.3. The number of nitrogens with one attached hydrogen (secondary N) is 2. The second-order valence-corrected chi connectivity index (χ2v) is 4.67. The first-order chi connectivity index (χ1) is 9.58. The van der Waals surface area contributed by atoms with E-state index in [1.54, 1.807) is 19.1 Å². The topological polar surface area (TPSA) is 61.4 Å². The van der Waals surface area contributed by atoms with E-state index in [1.165, 1.54) is 0 Å². The number of carbonyl (C=O) groups is 1. The van der Waals surface area contributed by atoms with Crippen LogP contribution in [0.25, 0.3) is 0 Å². The van der Waals surface area contributed by atoms with Crippen molar-refractivity contribution in [1.82, 2.24) is 0 Å². The second-order valence-electron chi connectivity index (χ2n) is 4.67. The molecule has 4 heteroatoms. The molecule has 0 aliphatic heterocycles. The average Bonchev–Trinajstić information content (AvgIpc) is 2.47. The maximum Gasteiger partial charge on any atom is 0.243 e. The van der Waals surface area contributed by atoms with E-state index in [0.717, 1.165) is 11.3 Å². The van der Waals surface area contributed by atoms with E-state index in [2.05, 4.69) is 10.6 Å². The first-order valence-electron chi connectivity index (χ1n) is 6.46. The van der Waals surface area contributed by atoms with E-state index in [-0.39, 0.29) is 18.2 Å². The van der Waals surface area contributed by atoms with Crippen LogP contribution < -0.4 is 10.6 Å². The van der Waals surface area contributed by atoms with Crippen molar-refractivity contribution in [3.63, 3.8) is 0 Å². The van der Waals surface area contributed by atoms with E-state index in [1.807, 2.05) is 37.3 Å². The van der Waals surface area contributed by atoms with E-state index >= 15 is 0 Å². The lowest BCUT2D eigenvalue weighted by Gasteiger charge is -2.12. The van der Waals surface area contributed by atoms with Gasteiger partial charge >= 0.3 is 0 Å². The molecule has 4 nitrogen and oxygen atoms in total. The van der Waals surface area contributed by atoms with Gasteiger partial charge in [-0.2, -0.15) is 0 Å². The summed E-state index contributed by atoms with van der Waals surface area (Å²) in [5, 5.41) is 15.7. The Hall–Kier alpha value is -2.49. The molecule has 1 amide bonds. The summed E-state index contributed by atoms with van der Waals surface area (Å²) in [5.41, 5.74) is 3.00. The lowest BCUT2D eigenvalue weighted by Crippen LogP contribution is -2.22. The number of rotatable bonds is 4. The molecule has 0 aromatic heterocycles. The Morgan fingerprint density at radius 1 is 1.10 bits per heavy atom. The third-order valence-electron chi connectivity index (χ3n) is 3.13. The molecule has 2 rings (SSSR count). The molecule has 0 saturated heterocycles. The van der Waals surface area contributed by atoms with Crippen LogP contribution in [0.1, 0.15) is 11.1 Å². The highest BCUT2D eigenvalue weighted by molar-refractivity contribution is 5.94. The molecule has 0 atom stereocenters. The predicted molar refractivity (Wildman–Crippen MR) is 81.1 cm³/mol. The van der Waals surface area contributed by atoms with Crippen LogP contribution in [0.2, 0.25) is 0 Å². The van der Waals surface area contributed by atoms with Crippen molar-refractivity contribution in [3.8, 4) is 5.75 Å². The predicted octanol–water partition coefficient (Wildman–Crippen LogP) is 3.06. The van der Waals surface area contributed by atoms with E-state index in [0.29, 0.717) is 11.3 Å². The van der Waals surface area contributed by atoms with Crippen LogP contribution in [-0.2, 0) is 4.79 Å². The Morgan fingerprint density at radius 2 is 1.80 bits per heavy atom. The standard InChI is InChI=1S/C16H18N2O2/c1-11-8-9-14(12(2)16(11)20)18-15(19)10-17-13-6-4-3-5-7-13/h3-9,17,20H,10H2,1-2H3,(H,18,19). The van der Waals surface area contributed by atoms with Gasteiger partial charge in [0.2, 0.25) is 5.91 Å². The number of benzene rings is 2. The number of aryl methyl sites for hydroxylation is 1. The number of hydrogen-bond donors (Lipinski definition) is 3. The minimum absolute atomic E-state index is 0.153. The molecular formula is C16H18N2O2. The molecule has 3 N–H and O–H groups in total. The summed E-state index contributed by atoms with van der Waals surface area (Å²) in [5.74, 6) is 0.0685. The van der Waals surface area contributed by atoms with E-state index < -0.39 is 0 Å². The molecule has 2 aromatic rings. The van der Waals surface area contributed by atoms with Crippen molar-refractivity contribution >= 4 is 17.3 Å². The molecule has 0 heterocycles. The van der Waals surface area contributed by atoms with Crippen molar-refractivity contribution in [2.24, 2.45) is 0 Å². The molecule has 20 heavy (non-hydrogen) atoms. The summed E-state index contributed by atoms with van der Waals surface area (Å²) in [6.45, 7) is 3.78. The SMILES string of the molecule is Cc1ccc(NC(=O)CNc2ccccc2)c(C)c1O. The molecule has 104 valence electrons. The fourth-order valence-corrected chi connectivity index (χ4v) is 1.90. The van der Waals surface area contributed by atoms with Gasteiger partial charge in [0.05, 0.1) is 6.54 Å². The van der Waals surface area contributed by atoms with Crippen molar-refractivity contribution in [3.05, 3.63) is 53.6 Å². The van der Waals surface area contributed by atoms with Gasteiger partial charge in [-0.15, -0.1) is 0 Å². The molecular weight excluding hydrogens is 252 g/mol. The highest BCUT2D eigenvalue weighted by Gasteiger charge is 2.09. The molecule has 0 aliphatic rings. The number of anilines is 2. The zero-order valence-corrected chi connectivity index (χ0v) is 11.6. The number of para-hydroxylation sites is 1. The molecule has 0 bridgehead atoms. The van der Waals surface area contributed by atoms with Crippen LogP contribution in [0.15, 0.2) is 42.5 Å². The Labute approximate surface area is 118 Å². The molecule has 0 unspecified atom stereocenters. The summed E-state index contributed by atoms with van der Waals surface area (Å²) >= 11 is 0. The fourth-order valence-electron chi connectivity index (χ4n) is 1.90. The second kappa shape index (κ2) is 6.10. The Balaban J connectivity index is 1.97. The zero-order valence-electron chi connectivity index (χ0n) is 11.6. The third kappa shape index (κ3) is 3.29. The van der Waals surface area contributed by atoms with Crippen LogP contribution in [0.3, 0.4) is 0 Å². The summed E-state index contributed by atoms with van der Waals surface area (Å²) in [6, 6.07) is 13.1. The summed E-state index contributed by atoms with van der Waals surface area (Å²) in [6.07, 6.45) is 0. The summed E-state index contributed by atoms with van der Waals surface area (Å²) in [4.78, 5) is 11.9. The van der Waals surface area contributed by atoms with Crippen molar-refractivity contribution < 1.29 is 9.90 Å². The minimum atomic E-state index is -0.153. The highest BCUT2D eigenvalue weighted by Crippen LogP contribution is 2.27. The van der Waals surface area contributed by atoms with Gasteiger partial charge in [0, 0.05) is 16.9 Å². The van der Waals surface area contributed by atoms with E-state index in [4.69, 9.17) is 0 Å². The number of phenols is 1. The minimum Gasteiger partial charge on any atom is -0.507 e. The van der Waals surface area contributed by atoms with Crippen LogP contribution >= 0.6 is 0 Å². The monoisotopic (exact) mass is 270 g/mol. The fraction of sp³-hybridized carbons (Fsp3) is 0.188. The van der Waals surface area contributed by atoms with Crippen LogP contribution in [0, 0.1) is 13.8 Å². The van der Waals surface area contributed by atoms with Gasteiger partial charge in [-0.05, 0) is 37.6 Å². The Morgan fingerprint density at radius 3 is 2.50 bits per heavy atom. The Kier molecular flexibility index (Phi) is 4.25. The number of carbonyl (C=O) groups excluding carboxylic acids is 1. The molecule has 0 spiro atoms. The normalized spacial score (nSPS) is 10.1. The largest absolute Gasteiger partial charge is 0.507 e. The molecule has 0 fully saturated rings. The van der Waals surface area contributed by atoms with Crippen molar-refractivity contribution in [1.29, 1.82) is 0 Å². The summed E-state index contributed by atoms with van der Waals surface area (Å²) in [7, 11) is 0. The molecule has 0 aliphatic carbocycles. The number of aromatic hydroxyl groups is 1. The Bertz CT molecular complexity index is 609. The number of phenolic OH excluding ortho intramolecular Hbond substituents is 1. The van der Waals surface area contributed by atoms with Gasteiger partial charge in [-0.25, -0.2) is 0 Å². The van der Waals surface area contributed by atoms with Crippen molar-refractivity contribution in [2.75, 3.05) is 17.2 Å². The molecule has 0 radical (unpaired) electrons. The lowest BCUT2D eigenvalue weighted by atomic mass is 10.1. The summed E-state index contributed by atoms with van der Waals surface area (Å²) < 4.78 is 0. The maximum atomic E-state index is 11.9. The average molecular weight is 270 g/mol. The van der Waals surface area contributed by atoms with Crippen molar-refractivity contribution in [2.45, 2.75) is 13.8 Å². The van der Waals surface area contributed by atoms with E-state index in [9.17, 15) is 9.90 Å². The van der Waals surface area contributed by atoms with Crippen LogP contribution in [0.5, 0.6) is 5.75 Å².